The van der Waals surface area contributed by atoms with Gasteiger partial charge in [0, 0.05) is 12.3 Å². The molecule has 8 heteroatoms. The Morgan fingerprint density at radius 2 is 2.20 bits per heavy atom. The molecule has 3 N–H and O–H groups in total. The quantitative estimate of drug-likeness (QED) is 0.493. The molecular formula is C12H11BrN4O3. The van der Waals surface area contributed by atoms with Crippen molar-refractivity contribution in [3.8, 4) is 5.75 Å². The van der Waals surface area contributed by atoms with Crippen LogP contribution in [0, 0.1) is 10.1 Å². The standard InChI is InChI=1S/C12H11BrN4O3/c13-10-2-1-9(17(18)19)6-11(10)20-7-8-3-4-15-12(5-8)16-14/h1-6H,7,14H2,(H,15,16). The minimum absolute atomic E-state index is 0.0257. The van der Waals surface area contributed by atoms with Gasteiger partial charge in [0.05, 0.1) is 15.5 Å². The van der Waals surface area contributed by atoms with Crippen LogP contribution in [-0.2, 0) is 6.61 Å². The zero-order chi connectivity index (χ0) is 14.5. The third-order valence-electron chi connectivity index (χ3n) is 2.49. The Hall–Kier alpha value is -2.19. The van der Waals surface area contributed by atoms with Crippen LogP contribution in [0.4, 0.5) is 11.5 Å². The molecule has 0 fully saturated rings. The number of hydrogen-bond donors (Lipinski definition) is 2. The van der Waals surface area contributed by atoms with Crippen LogP contribution in [-0.4, -0.2) is 9.91 Å². The molecule has 1 heterocycles. The monoisotopic (exact) mass is 338 g/mol. The summed E-state index contributed by atoms with van der Waals surface area (Å²) < 4.78 is 6.21. The van der Waals surface area contributed by atoms with E-state index in [-0.39, 0.29) is 12.3 Å². The van der Waals surface area contributed by atoms with E-state index in [0.29, 0.717) is 16.0 Å². The average molecular weight is 339 g/mol. The number of nitrogens with two attached hydrogens (primary N) is 1. The number of nitro benzene ring substituents is 1. The lowest BCUT2D eigenvalue weighted by Crippen LogP contribution is -2.09. The molecule has 0 aliphatic carbocycles. The Kier molecular flexibility index (Phi) is 4.49. The zero-order valence-electron chi connectivity index (χ0n) is 10.2. The summed E-state index contributed by atoms with van der Waals surface area (Å²) in [5.74, 6) is 6.19. The average Bonchev–Trinajstić information content (AvgIpc) is 2.46. The van der Waals surface area contributed by atoms with Gasteiger partial charge < -0.3 is 10.2 Å². The highest BCUT2D eigenvalue weighted by Crippen LogP contribution is 2.29. The number of aromatic nitrogens is 1. The second-order valence-electron chi connectivity index (χ2n) is 3.85. The molecule has 104 valence electrons. The third-order valence-corrected chi connectivity index (χ3v) is 3.15. The van der Waals surface area contributed by atoms with E-state index in [0.717, 1.165) is 5.56 Å². The van der Waals surface area contributed by atoms with E-state index in [1.54, 1.807) is 24.4 Å². The number of hydrazine groups is 1. The van der Waals surface area contributed by atoms with Gasteiger partial charge in [0.25, 0.3) is 5.69 Å². The maximum Gasteiger partial charge on any atom is 0.273 e. The zero-order valence-corrected chi connectivity index (χ0v) is 11.8. The van der Waals surface area contributed by atoms with Crippen LogP contribution in [0.25, 0.3) is 0 Å². The molecule has 0 spiro atoms. The molecule has 0 radical (unpaired) electrons. The largest absolute Gasteiger partial charge is 0.487 e. The van der Waals surface area contributed by atoms with Gasteiger partial charge in [-0.05, 0) is 39.7 Å². The Bertz CT molecular complexity index is 636. The van der Waals surface area contributed by atoms with Gasteiger partial charge in [0.1, 0.15) is 18.2 Å². The summed E-state index contributed by atoms with van der Waals surface area (Å²) in [6.07, 6.45) is 1.59. The van der Waals surface area contributed by atoms with Crippen molar-refractivity contribution in [1.82, 2.24) is 4.98 Å². The Morgan fingerprint density at radius 1 is 1.40 bits per heavy atom. The third kappa shape index (κ3) is 3.43. The fourth-order valence-electron chi connectivity index (χ4n) is 1.52. The molecule has 7 nitrogen and oxygen atoms in total. The van der Waals surface area contributed by atoms with Gasteiger partial charge in [-0.2, -0.15) is 0 Å². The number of anilines is 1. The van der Waals surface area contributed by atoms with E-state index in [9.17, 15) is 10.1 Å². The number of non-ortho nitro benzene ring substituents is 1. The van der Waals surface area contributed by atoms with Gasteiger partial charge in [-0.25, -0.2) is 10.8 Å². The molecule has 0 atom stereocenters. The molecule has 0 unspecified atom stereocenters. The highest BCUT2D eigenvalue weighted by molar-refractivity contribution is 9.10. The summed E-state index contributed by atoms with van der Waals surface area (Å²) in [4.78, 5) is 14.2. The summed E-state index contributed by atoms with van der Waals surface area (Å²) in [6, 6.07) is 7.84. The van der Waals surface area contributed by atoms with Crippen LogP contribution < -0.4 is 16.0 Å². The second-order valence-corrected chi connectivity index (χ2v) is 4.71. The molecular weight excluding hydrogens is 328 g/mol. The summed E-state index contributed by atoms with van der Waals surface area (Å²) in [5.41, 5.74) is 3.25. The fourth-order valence-corrected chi connectivity index (χ4v) is 1.88. The van der Waals surface area contributed by atoms with Crippen molar-refractivity contribution in [3.63, 3.8) is 0 Å². The number of ether oxygens (including phenoxy) is 1. The van der Waals surface area contributed by atoms with Gasteiger partial charge >= 0.3 is 0 Å². The molecule has 0 saturated carbocycles. The van der Waals surface area contributed by atoms with Crippen LogP contribution in [0.5, 0.6) is 5.75 Å². The smallest absolute Gasteiger partial charge is 0.273 e. The van der Waals surface area contributed by atoms with E-state index in [1.165, 1.54) is 12.1 Å². The normalized spacial score (nSPS) is 10.1. The van der Waals surface area contributed by atoms with Crippen molar-refractivity contribution < 1.29 is 9.66 Å². The number of halogens is 1. The molecule has 0 aliphatic rings. The SMILES string of the molecule is NNc1cc(COc2cc([N+](=O)[O-])ccc2Br)ccn1. The van der Waals surface area contributed by atoms with Crippen molar-refractivity contribution in [3.05, 3.63) is 56.7 Å². The Labute approximate surface area is 123 Å². The summed E-state index contributed by atoms with van der Waals surface area (Å²) in [5, 5.41) is 10.7. The van der Waals surface area contributed by atoms with Crippen molar-refractivity contribution in [1.29, 1.82) is 0 Å². The maximum absolute atomic E-state index is 10.7. The molecule has 20 heavy (non-hydrogen) atoms. The first-order valence-electron chi connectivity index (χ1n) is 5.58. The first-order valence-corrected chi connectivity index (χ1v) is 6.37. The van der Waals surface area contributed by atoms with Gasteiger partial charge in [0.15, 0.2) is 0 Å². The molecule has 1 aromatic carbocycles. The van der Waals surface area contributed by atoms with Crippen molar-refractivity contribution in [2.24, 2.45) is 5.84 Å². The van der Waals surface area contributed by atoms with E-state index < -0.39 is 4.92 Å². The molecule has 0 aliphatic heterocycles. The fraction of sp³-hybridized carbons (Fsp3) is 0.0833. The Balaban J connectivity index is 2.13. The van der Waals surface area contributed by atoms with Gasteiger partial charge in [-0.3, -0.25) is 10.1 Å². The van der Waals surface area contributed by atoms with Gasteiger partial charge in [-0.1, -0.05) is 0 Å². The topological polar surface area (TPSA) is 103 Å². The van der Waals surface area contributed by atoms with Crippen molar-refractivity contribution in [2.75, 3.05) is 5.43 Å². The lowest BCUT2D eigenvalue weighted by Gasteiger charge is -2.09. The molecule has 0 amide bonds. The first-order chi connectivity index (χ1) is 9.60. The molecule has 1 aromatic heterocycles. The number of pyridine rings is 1. The van der Waals surface area contributed by atoms with Gasteiger partial charge in [-0.15, -0.1) is 0 Å². The predicted molar refractivity (Wildman–Crippen MR) is 77.2 cm³/mol. The number of nitrogens with zero attached hydrogens (tertiary/aromatic N) is 2. The first kappa shape index (κ1) is 14.2. The second kappa shape index (κ2) is 6.31. The van der Waals surface area contributed by atoms with E-state index in [4.69, 9.17) is 10.6 Å². The predicted octanol–water partition coefficient (Wildman–Crippen LogP) is 2.62. The van der Waals surface area contributed by atoms with Crippen molar-refractivity contribution in [2.45, 2.75) is 6.61 Å². The van der Waals surface area contributed by atoms with Crippen molar-refractivity contribution >= 4 is 27.4 Å². The molecule has 2 aromatic rings. The lowest BCUT2D eigenvalue weighted by atomic mass is 10.2. The highest BCUT2D eigenvalue weighted by Gasteiger charge is 2.10. The number of rotatable bonds is 5. The summed E-state index contributed by atoms with van der Waals surface area (Å²) in [6.45, 7) is 0.247. The Morgan fingerprint density at radius 3 is 2.90 bits per heavy atom. The number of nitrogens with one attached hydrogen (secondary N) is 1. The number of nitrogen functional groups attached to an aromatic ring is 1. The van der Waals surface area contributed by atoms with Crippen LogP contribution in [0.15, 0.2) is 41.0 Å². The maximum atomic E-state index is 10.7. The summed E-state index contributed by atoms with van der Waals surface area (Å²) in [7, 11) is 0. The van der Waals surface area contributed by atoms with E-state index in [2.05, 4.69) is 26.3 Å². The highest BCUT2D eigenvalue weighted by atomic mass is 79.9. The minimum Gasteiger partial charge on any atom is -0.487 e. The van der Waals surface area contributed by atoms with Crippen LogP contribution in [0.3, 0.4) is 0 Å². The van der Waals surface area contributed by atoms with E-state index in [1.807, 2.05) is 0 Å². The number of benzene rings is 1. The van der Waals surface area contributed by atoms with Crippen LogP contribution in [0.2, 0.25) is 0 Å². The van der Waals surface area contributed by atoms with Crippen LogP contribution in [0.1, 0.15) is 5.56 Å². The minimum atomic E-state index is -0.470. The molecule has 0 bridgehead atoms. The van der Waals surface area contributed by atoms with Crippen LogP contribution >= 0.6 is 15.9 Å². The number of hydrogen-bond acceptors (Lipinski definition) is 6. The number of nitro groups is 1. The van der Waals surface area contributed by atoms with E-state index >= 15 is 0 Å². The van der Waals surface area contributed by atoms with Gasteiger partial charge in [0.2, 0.25) is 0 Å². The lowest BCUT2D eigenvalue weighted by molar-refractivity contribution is -0.385. The summed E-state index contributed by atoms with van der Waals surface area (Å²) >= 11 is 3.29. The molecule has 2 rings (SSSR count). The molecule has 0 saturated heterocycles.